The van der Waals surface area contributed by atoms with Crippen molar-refractivity contribution in [3.8, 4) is 0 Å². The third-order valence-electron chi connectivity index (χ3n) is 3.33. The minimum atomic E-state index is -0.968. The van der Waals surface area contributed by atoms with Crippen LogP contribution in [0, 0.1) is 0 Å². The van der Waals surface area contributed by atoms with E-state index in [4.69, 9.17) is 4.84 Å². The second-order valence-corrected chi connectivity index (χ2v) is 5.01. The fourth-order valence-electron chi connectivity index (χ4n) is 1.90. The zero-order valence-electron chi connectivity index (χ0n) is 14.6. The number of benzene rings is 1. The van der Waals surface area contributed by atoms with Crippen LogP contribution in [0.15, 0.2) is 29.4 Å². The molecule has 1 aromatic carbocycles. The van der Waals surface area contributed by atoms with E-state index in [1.54, 1.807) is 24.3 Å². The van der Waals surface area contributed by atoms with Crippen molar-refractivity contribution in [2.45, 2.75) is 25.9 Å². The molecule has 1 atom stereocenters. The van der Waals surface area contributed by atoms with Crippen LogP contribution in [0.25, 0.3) is 0 Å². The first-order valence-electron chi connectivity index (χ1n) is 7.46. The molecule has 0 aliphatic rings. The van der Waals surface area contributed by atoms with Crippen LogP contribution in [0.2, 0.25) is 0 Å². The molecule has 0 bridgehead atoms. The average Bonchev–Trinajstić information content (AvgIpc) is 2.66. The number of aryl methyl sites for hydroxylation is 1. The summed E-state index contributed by atoms with van der Waals surface area (Å²) in [6.07, 6.45) is -0.208. The predicted octanol–water partition coefficient (Wildman–Crippen LogP) is 1.51. The van der Waals surface area contributed by atoms with Crippen molar-refractivity contribution in [2.75, 3.05) is 21.3 Å². The molecule has 8 nitrogen and oxygen atoms in total. The van der Waals surface area contributed by atoms with E-state index in [1.807, 2.05) is 0 Å². The highest BCUT2D eigenvalue weighted by molar-refractivity contribution is 6.35. The lowest BCUT2D eigenvalue weighted by atomic mass is 10.0. The molecule has 1 unspecified atom stereocenters. The SMILES string of the molecule is COC(=O)/C(C)=N/OC(CCc1ccc(C(=O)OC)cc1)C(=O)OC. The van der Waals surface area contributed by atoms with Crippen LogP contribution in [-0.2, 0) is 35.1 Å². The highest BCUT2D eigenvalue weighted by atomic mass is 16.7. The lowest BCUT2D eigenvalue weighted by Gasteiger charge is -2.13. The number of esters is 3. The molecule has 1 rings (SSSR count). The van der Waals surface area contributed by atoms with Crippen LogP contribution in [-0.4, -0.2) is 51.1 Å². The maximum Gasteiger partial charge on any atom is 0.355 e. The van der Waals surface area contributed by atoms with Crippen LogP contribution >= 0.6 is 0 Å². The van der Waals surface area contributed by atoms with E-state index in [-0.39, 0.29) is 12.1 Å². The zero-order valence-corrected chi connectivity index (χ0v) is 14.6. The minimum Gasteiger partial charge on any atom is -0.466 e. The van der Waals surface area contributed by atoms with Gasteiger partial charge in [-0.3, -0.25) is 0 Å². The first-order chi connectivity index (χ1) is 11.9. The molecule has 0 saturated heterocycles. The summed E-state index contributed by atoms with van der Waals surface area (Å²) in [5, 5.41) is 3.61. The van der Waals surface area contributed by atoms with Gasteiger partial charge < -0.3 is 19.0 Å². The molecule has 0 N–H and O–H groups in total. The van der Waals surface area contributed by atoms with E-state index in [9.17, 15) is 14.4 Å². The molecule has 0 radical (unpaired) electrons. The van der Waals surface area contributed by atoms with E-state index in [1.165, 1.54) is 28.3 Å². The number of methoxy groups -OCH3 is 3. The van der Waals surface area contributed by atoms with Gasteiger partial charge in [0.2, 0.25) is 6.10 Å². The van der Waals surface area contributed by atoms with Crippen LogP contribution in [0.3, 0.4) is 0 Å². The largest absolute Gasteiger partial charge is 0.466 e. The molecule has 0 aromatic heterocycles. The summed E-state index contributed by atoms with van der Waals surface area (Å²) in [7, 11) is 3.77. The second-order valence-electron chi connectivity index (χ2n) is 5.01. The van der Waals surface area contributed by atoms with Gasteiger partial charge in [-0.1, -0.05) is 17.3 Å². The van der Waals surface area contributed by atoms with Crippen molar-refractivity contribution in [3.63, 3.8) is 0 Å². The molecule has 0 heterocycles. The van der Waals surface area contributed by atoms with Crippen molar-refractivity contribution < 1.29 is 33.4 Å². The molecule has 0 aliphatic carbocycles. The number of hydrogen-bond acceptors (Lipinski definition) is 8. The maximum atomic E-state index is 11.8. The second kappa shape index (κ2) is 10.1. The number of carbonyl (C=O) groups is 3. The molecule has 25 heavy (non-hydrogen) atoms. The Hall–Kier alpha value is -2.90. The molecule has 8 heteroatoms. The molecular weight excluding hydrogens is 330 g/mol. The van der Waals surface area contributed by atoms with E-state index in [2.05, 4.69) is 19.4 Å². The Bertz CT molecular complexity index is 637. The van der Waals surface area contributed by atoms with Gasteiger partial charge in [-0.2, -0.15) is 0 Å². The van der Waals surface area contributed by atoms with E-state index >= 15 is 0 Å². The molecule has 0 spiro atoms. The van der Waals surface area contributed by atoms with Crippen LogP contribution in [0.5, 0.6) is 0 Å². The Balaban J connectivity index is 2.71. The fraction of sp³-hybridized carbons (Fsp3) is 0.412. The van der Waals surface area contributed by atoms with Gasteiger partial charge in [0.1, 0.15) is 0 Å². The number of carbonyl (C=O) groups excluding carboxylic acids is 3. The molecule has 0 saturated carbocycles. The Kier molecular flexibility index (Phi) is 8.11. The first kappa shape index (κ1) is 20.1. The quantitative estimate of drug-likeness (QED) is 0.303. The zero-order chi connectivity index (χ0) is 18.8. The van der Waals surface area contributed by atoms with Crippen molar-refractivity contribution >= 4 is 23.6 Å². The lowest BCUT2D eigenvalue weighted by Crippen LogP contribution is -2.25. The van der Waals surface area contributed by atoms with E-state index in [0.717, 1.165) is 5.56 Å². The summed E-state index contributed by atoms with van der Waals surface area (Å²) in [5.41, 5.74) is 1.31. The van der Waals surface area contributed by atoms with E-state index in [0.29, 0.717) is 12.0 Å². The van der Waals surface area contributed by atoms with Gasteiger partial charge in [0.25, 0.3) is 0 Å². The minimum absolute atomic E-state index is 0.0150. The third kappa shape index (κ3) is 6.25. The van der Waals surface area contributed by atoms with Crippen molar-refractivity contribution in [1.29, 1.82) is 0 Å². The molecule has 0 aliphatic heterocycles. The molecule has 0 fully saturated rings. The van der Waals surface area contributed by atoms with Crippen molar-refractivity contribution in [2.24, 2.45) is 5.16 Å². The maximum absolute atomic E-state index is 11.8. The fourth-order valence-corrected chi connectivity index (χ4v) is 1.90. The van der Waals surface area contributed by atoms with Gasteiger partial charge in [-0.15, -0.1) is 0 Å². The van der Waals surface area contributed by atoms with Gasteiger partial charge in [0.05, 0.1) is 26.9 Å². The predicted molar refractivity (Wildman–Crippen MR) is 88.1 cm³/mol. The molecular formula is C17H21NO7. The Morgan fingerprint density at radius 1 is 1.00 bits per heavy atom. The monoisotopic (exact) mass is 351 g/mol. The van der Waals surface area contributed by atoms with Crippen molar-refractivity contribution in [3.05, 3.63) is 35.4 Å². The molecule has 1 aromatic rings. The van der Waals surface area contributed by atoms with Gasteiger partial charge in [-0.25, -0.2) is 14.4 Å². The highest BCUT2D eigenvalue weighted by Gasteiger charge is 2.22. The van der Waals surface area contributed by atoms with Crippen LogP contribution < -0.4 is 0 Å². The summed E-state index contributed by atoms with van der Waals surface area (Å²) in [5.74, 6) is -1.68. The smallest absolute Gasteiger partial charge is 0.355 e. The summed E-state index contributed by atoms with van der Waals surface area (Å²) in [4.78, 5) is 39.6. The number of rotatable bonds is 8. The number of hydrogen-bond donors (Lipinski definition) is 0. The molecule has 136 valence electrons. The third-order valence-corrected chi connectivity index (χ3v) is 3.33. The molecule has 0 amide bonds. The van der Waals surface area contributed by atoms with Crippen LogP contribution in [0.4, 0.5) is 0 Å². The van der Waals surface area contributed by atoms with E-state index < -0.39 is 24.0 Å². The summed E-state index contributed by atoms with van der Waals surface area (Å²) >= 11 is 0. The highest BCUT2D eigenvalue weighted by Crippen LogP contribution is 2.12. The Morgan fingerprint density at radius 2 is 1.64 bits per heavy atom. The normalized spacial score (nSPS) is 12.1. The average molecular weight is 351 g/mol. The first-order valence-corrected chi connectivity index (χ1v) is 7.46. The summed E-state index contributed by atoms with van der Waals surface area (Å²) in [6, 6.07) is 6.77. The van der Waals surface area contributed by atoms with Crippen LogP contribution in [0.1, 0.15) is 29.3 Å². The number of oxime groups is 1. The van der Waals surface area contributed by atoms with Gasteiger partial charge >= 0.3 is 17.9 Å². The van der Waals surface area contributed by atoms with Gasteiger partial charge in [-0.05, 0) is 31.0 Å². The summed E-state index contributed by atoms with van der Waals surface area (Å²) < 4.78 is 13.8. The number of nitrogens with zero attached hydrogens (tertiary/aromatic N) is 1. The van der Waals surface area contributed by atoms with Gasteiger partial charge in [0, 0.05) is 6.42 Å². The standard InChI is InChI=1S/C17H21NO7/c1-11(15(19)22-2)18-25-14(17(21)24-4)10-7-12-5-8-13(9-6-12)16(20)23-3/h5-6,8-9,14H,7,10H2,1-4H3/b18-11+. The van der Waals surface area contributed by atoms with Gasteiger partial charge in [0.15, 0.2) is 5.71 Å². The topological polar surface area (TPSA) is 100 Å². The van der Waals surface area contributed by atoms with Crippen molar-refractivity contribution in [1.82, 2.24) is 0 Å². The number of ether oxygens (including phenoxy) is 3. The Labute approximate surface area is 145 Å². The Morgan fingerprint density at radius 3 is 2.16 bits per heavy atom. The lowest BCUT2D eigenvalue weighted by molar-refractivity contribution is -0.154. The summed E-state index contributed by atoms with van der Waals surface area (Å²) in [6.45, 7) is 1.41.